The summed E-state index contributed by atoms with van der Waals surface area (Å²) in [5.41, 5.74) is 1.60. The molecule has 0 unspecified atom stereocenters. The van der Waals surface area contributed by atoms with Crippen molar-refractivity contribution in [3.05, 3.63) is 30.0 Å². The molecular weight excluding hydrogens is 314 g/mol. The lowest BCUT2D eigenvalue weighted by molar-refractivity contribution is -0.143. The molecular formula is C16H17N3O3S. The third-order valence-corrected chi connectivity index (χ3v) is 4.87. The first-order valence-electron chi connectivity index (χ1n) is 7.36. The molecule has 0 radical (unpaired) electrons. The first-order valence-corrected chi connectivity index (χ1v) is 8.51. The number of aromatic amines is 1. The van der Waals surface area contributed by atoms with Gasteiger partial charge in [-0.2, -0.15) is 17.0 Å². The maximum Gasteiger partial charge on any atom is 0.325 e. The van der Waals surface area contributed by atoms with Gasteiger partial charge in [0.2, 0.25) is 0 Å². The number of ether oxygens (including phenoxy) is 1. The number of nitrogens with one attached hydrogen (secondary N) is 1. The molecule has 2 aromatic rings. The van der Waals surface area contributed by atoms with E-state index in [2.05, 4.69) is 4.98 Å². The summed E-state index contributed by atoms with van der Waals surface area (Å²) < 4.78 is 5.33. The van der Waals surface area contributed by atoms with Gasteiger partial charge in [-0.05, 0) is 18.2 Å². The SMILES string of the molecule is N#CCOc1ccc2[nH]cc([C@H](C(=O)O)N3CCSCC3)c2c1. The van der Waals surface area contributed by atoms with E-state index in [9.17, 15) is 9.90 Å². The standard InChI is InChI=1S/C16H17N3O3S/c17-3-6-22-11-1-2-14-12(9-11)13(10-18-14)15(16(20)21)19-4-7-23-8-5-19/h1-2,9-10,15,18H,4-8H2,(H,20,21)/t15-/m1/s1. The Morgan fingerprint density at radius 2 is 2.26 bits per heavy atom. The Kier molecular flexibility index (Phi) is 4.74. The van der Waals surface area contributed by atoms with Crippen molar-refractivity contribution >= 4 is 28.6 Å². The van der Waals surface area contributed by atoms with E-state index in [-0.39, 0.29) is 6.61 Å². The third kappa shape index (κ3) is 3.28. The highest BCUT2D eigenvalue weighted by Gasteiger charge is 2.30. The number of fused-ring (bicyclic) bond motifs is 1. The van der Waals surface area contributed by atoms with Gasteiger partial charge >= 0.3 is 5.97 Å². The van der Waals surface area contributed by atoms with Crippen LogP contribution >= 0.6 is 11.8 Å². The van der Waals surface area contributed by atoms with Crippen molar-refractivity contribution in [1.29, 1.82) is 5.26 Å². The summed E-state index contributed by atoms with van der Waals surface area (Å²) in [7, 11) is 0. The zero-order chi connectivity index (χ0) is 16.2. The maximum atomic E-state index is 11.9. The van der Waals surface area contributed by atoms with Gasteiger partial charge in [0.25, 0.3) is 0 Å². The number of nitriles is 1. The van der Waals surface area contributed by atoms with Gasteiger partial charge in [0.05, 0.1) is 0 Å². The van der Waals surface area contributed by atoms with Gasteiger partial charge in [0.1, 0.15) is 17.9 Å². The van der Waals surface area contributed by atoms with Crippen molar-refractivity contribution < 1.29 is 14.6 Å². The van der Waals surface area contributed by atoms with E-state index in [1.807, 2.05) is 28.8 Å². The molecule has 1 aromatic heterocycles. The minimum absolute atomic E-state index is 0.0308. The molecule has 0 bridgehead atoms. The third-order valence-electron chi connectivity index (χ3n) is 3.93. The summed E-state index contributed by atoms with van der Waals surface area (Å²) in [5, 5.41) is 19.2. The number of aromatic nitrogens is 1. The molecule has 1 fully saturated rings. The van der Waals surface area contributed by atoms with Gasteiger partial charge in [-0.3, -0.25) is 9.69 Å². The van der Waals surface area contributed by atoms with Gasteiger partial charge in [-0.1, -0.05) is 0 Å². The van der Waals surface area contributed by atoms with Crippen molar-refractivity contribution in [2.75, 3.05) is 31.2 Å². The summed E-state index contributed by atoms with van der Waals surface area (Å²) in [6.45, 7) is 1.49. The minimum Gasteiger partial charge on any atom is -0.480 e. The predicted octanol–water partition coefficient (Wildman–Crippen LogP) is 2.24. The van der Waals surface area contributed by atoms with Crippen LogP contribution in [-0.2, 0) is 4.79 Å². The summed E-state index contributed by atoms with van der Waals surface area (Å²) in [4.78, 5) is 17.0. The molecule has 2 heterocycles. The van der Waals surface area contributed by atoms with Gasteiger partial charge in [-0.25, -0.2) is 0 Å². The molecule has 1 atom stereocenters. The molecule has 1 aliphatic rings. The predicted molar refractivity (Wildman–Crippen MR) is 88.7 cm³/mol. The molecule has 2 N–H and O–H groups in total. The van der Waals surface area contributed by atoms with E-state index >= 15 is 0 Å². The number of carboxylic acid groups (broad SMARTS) is 1. The zero-order valence-electron chi connectivity index (χ0n) is 12.5. The number of carboxylic acids is 1. The van der Waals surface area contributed by atoms with Crippen molar-refractivity contribution in [3.8, 4) is 11.8 Å². The average Bonchev–Trinajstić information content (AvgIpc) is 2.97. The molecule has 0 aliphatic carbocycles. The normalized spacial score (nSPS) is 16.8. The number of aliphatic carboxylic acids is 1. The Bertz CT molecular complexity index is 747. The fourth-order valence-electron chi connectivity index (χ4n) is 2.87. The Balaban J connectivity index is 1.98. The van der Waals surface area contributed by atoms with Crippen LogP contribution in [0.2, 0.25) is 0 Å². The van der Waals surface area contributed by atoms with E-state index in [1.165, 1.54) is 0 Å². The Morgan fingerprint density at radius 3 is 2.96 bits per heavy atom. The van der Waals surface area contributed by atoms with Crippen molar-refractivity contribution in [3.63, 3.8) is 0 Å². The van der Waals surface area contributed by atoms with E-state index in [1.54, 1.807) is 18.3 Å². The van der Waals surface area contributed by atoms with Crippen LogP contribution in [0.4, 0.5) is 0 Å². The molecule has 0 saturated carbocycles. The molecule has 1 saturated heterocycles. The molecule has 7 heteroatoms. The summed E-state index contributed by atoms with van der Waals surface area (Å²) in [5.74, 6) is 1.62. The quantitative estimate of drug-likeness (QED) is 0.873. The monoisotopic (exact) mass is 331 g/mol. The van der Waals surface area contributed by atoms with E-state index < -0.39 is 12.0 Å². The summed E-state index contributed by atoms with van der Waals surface area (Å²) in [6.07, 6.45) is 1.76. The smallest absolute Gasteiger partial charge is 0.325 e. The Morgan fingerprint density at radius 1 is 1.48 bits per heavy atom. The van der Waals surface area contributed by atoms with Gasteiger partial charge < -0.3 is 14.8 Å². The number of carbonyl (C=O) groups is 1. The molecule has 1 aromatic carbocycles. The van der Waals surface area contributed by atoms with Crippen LogP contribution in [0, 0.1) is 11.3 Å². The summed E-state index contributed by atoms with van der Waals surface area (Å²) >= 11 is 1.85. The summed E-state index contributed by atoms with van der Waals surface area (Å²) in [6, 6.07) is 6.67. The maximum absolute atomic E-state index is 11.9. The lowest BCUT2D eigenvalue weighted by Crippen LogP contribution is -2.39. The first kappa shape index (κ1) is 15.7. The van der Waals surface area contributed by atoms with Crippen LogP contribution in [0.5, 0.6) is 5.75 Å². The lowest BCUT2D eigenvalue weighted by Gasteiger charge is -2.31. The minimum atomic E-state index is -0.846. The Hall–Kier alpha value is -2.17. The molecule has 120 valence electrons. The van der Waals surface area contributed by atoms with Gasteiger partial charge in [0.15, 0.2) is 6.61 Å². The second-order valence-corrected chi connectivity index (χ2v) is 6.51. The van der Waals surface area contributed by atoms with Crippen LogP contribution in [-0.4, -0.2) is 52.2 Å². The molecule has 23 heavy (non-hydrogen) atoms. The second kappa shape index (κ2) is 6.94. The number of hydrogen-bond acceptors (Lipinski definition) is 5. The number of H-pyrrole nitrogens is 1. The molecule has 0 spiro atoms. The van der Waals surface area contributed by atoms with Crippen LogP contribution < -0.4 is 4.74 Å². The molecule has 3 rings (SSSR count). The van der Waals surface area contributed by atoms with Crippen LogP contribution in [0.3, 0.4) is 0 Å². The van der Waals surface area contributed by atoms with Crippen LogP contribution in [0.15, 0.2) is 24.4 Å². The van der Waals surface area contributed by atoms with E-state index in [0.717, 1.165) is 41.1 Å². The fourth-order valence-corrected chi connectivity index (χ4v) is 3.81. The van der Waals surface area contributed by atoms with E-state index in [4.69, 9.17) is 10.00 Å². The number of benzene rings is 1. The van der Waals surface area contributed by atoms with Crippen LogP contribution in [0.1, 0.15) is 11.6 Å². The topological polar surface area (TPSA) is 89.3 Å². The fraction of sp³-hybridized carbons (Fsp3) is 0.375. The van der Waals surface area contributed by atoms with Crippen LogP contribution in [0.25, 0.3) is 10.9 Å². The molecule has 0 amide bonds. The van der Waals surface area contributed by atoms with E-state index in [0.29, 0.717) is 5.75 Å². The average molecular weight is 331 g/mol. The van der Waals surface area contributed by atoms with Gasteiger partial charge in [-0.15, -0.1) is 0 Å². The van der Waals surface area contributed by atoms with Crippen molar-refractivity contribution in [1.82, 2.24) is 9.88 Å². The zero-order valence-corrected chi connectivity index (χ0v) is 13.3. The Labute approximate surface area is 138 Å². The second-order valence-electron chi connectivity index (χ2n) is 5.29. The number of rotatable bonds is 5. The van der Waals surface area contributed by atoms with Gasteiger partial charge in [0, 0.05) is 47.3 Å². The lowest BCUT2D eigenvalue weighted by atomic mass is 10.0. The molecule has 1 aliphatic heterocycles. The number of hydrogen-bond donors (Lipinski definition) is 2. The number of thioether (sulfide) groups is 1. The highest BCUT2D eigenvalue weighted by atomic mass is 32.2. The number of nitrogens with zero attached hydrogens (tertiary/aromatic N) is 2. The van der Waals surface area contributed by atoms with Crippen molar-refractivity contribution in [2.45, 2.75) is 6.04 Å². The van der Waals surface area contributed by atoms with Crippen molar-refractivity contribution in [2.24, 2.45) is 0 Å². The first-order chi connectivity index (χ1) is 11.2. The molecule has 6 nitrogen and oxygen atoms in total. The largest absolute Gasteiger partial charge is 0.480 e. The highest BCUT2D eigenvalue weighted by molar-refractivity contribution is 7.99. The highest BCUT2D eigenvalue weighted by Crippen LogP contribution is 2.32.